The highest BCUT2D eigenvalue weighted by Gasteiger charge is 2.33. The van der Waals surface area contributed by atoms with Crippen molar-refractivity contribution in [3.63, 3.8) is 0 Å². The molecule has 0 aliphatic heterocycles. The minimum absolute atomic E-state index is 0.0483. The van der Waals surface area contributed by atoms with E-state index in [0.717, 1.165) is 11.1 Å². The number of hydrogen-bond donors (Lipinski definition) is 2. The summed E-state index contributed by atoms with van der Waals surface area (Å²) in [5.41, 5.74) is 1.76. The summed E-state index contributed by atoms with van der Waals surface area (Å²) in [5, 5.41) is 11.6. The molecule has 0 aliphatic carbocycles. The maximum Gasteiger partial charge on any atom is 0.317 e. The van der Waals surface area contributed by atoms with E-state index in [2.05, 4.69) is 5.32 Å². The van der Waals surface area contributed by atoms with Crippen LogP contribution in [0.15, 0.2) is 78.9 Å². The number of aryl methyl sites for hydroxylation is 1. The summed E-state index contributed by atoms with van der Waals surface area (Å²) in [5.74, 6) is -3.50. The zero-order valence-corrected chi connectivity index (χ0v) is 17.9. The molecule has 1 atom stereocenters. The van der Waals surface area contributed by atoms with Gasteiger partial charge in [-0.2, -0.15) is 8.78 Å². The lowest BCUT2D eigenvalue weighted by Gasteiger charge is -2.21. The molecule has 32 heavy (non-hydrogen) atoms. The highest BCUT2D eigenvalue weighted by atomic mass is 19.3. The molecule has 0 saturated carbocycles. The summed E-state index contributed by atoms with van der Waals surface area (Å²) < 4.78 is 35.9. The molecule has 3 rings (SSSR count). The third kappa shape index (κ3) is 6.37. The second-order valence-electron chi connectivity index (χ2n) is 7.69. The molecule has 1 unspecified atom stereocenters. The van der Waals surface area contributed by atoms with Crippen LogP contribution in [0.1, 0.15) is 41.2 Å². The van der Waals surface area contributed by atoms with E-state index < -0.39 is 11.9 Å². The molecule has 0 aliphatic rings. The van der Waals surface area contributed by atoms with Crippen molar-refractivity contribution < 1.29 is 23.4 Å². The van der Waals surface area contributed by atoms with Gasteiger partial charge in [0, 0.05) is 11.1 Å². The first-order valence-electron chi connectivity index (χ1n) is 10.6. The number of nitrogens with one attached hydrogen (secondary N) is 1. The third-order valence-corrected chi connectivity index (χ3v) is 5.18. The smallest absolute Gasteiger partial charge is 0.317 e. The summed E-state index contributed by atoms with van der Waals surface area (Å²) in [6.45, 7) is 2.31. The first-order valence-corrected chi connectivity index (χ1v) is 10.6. The van der Waals surface area contributed by atoms with Crippen LogP contribution in [0.4, 0.5) is 8.78 Å². The van der Waals surface area contributed by atoms with Crippen LogP contribution in [-0.4, -0.2) is 24.2 Å². The van der Waals surface area contributed by atoms with Crippen LogP contribution in [0.2, 0.25) is 0 Å². The largest absolute Gasteiger partial charge is 0.486 e. The average molecular weight is 440 g/mol. The summed E-state index contributed by atoms with van der Waals surface area (Å²) in [6, 6.07) is 21.8. The molecule has 0 bridgehead atoms. The van der Waals surface area contributed by atoms with E-state index in [1.54, 1.807) is 24.3 Å². The second-order valence-corrected chi connectivity index (χ2v) is 7.69. The highest BCUT2D eigenvalue weighted by molar-refractivity contribution is 5.68. The minimum atomic E-state index is -3.10. The van der Waals surface area contributed by atoms with E-state index >= 15 is 0 Å². The van der Waals surface area contributed by atoms with Crippen molar-refractivity contribution in [2.45, 2.75) is 31.8 Å². The van der Waals surface area contributed by atoms with Crippen LogP contribution in [0.5, 0.6) is 5.75 Å². The Kier molecular flexibility index (Phi) is 7.95. The van der Waals surface area contributed by atoms with Crippen molar-refractivity contribution in [1.29, 1.82) is 0 Å². The molecular formula is C26H27F2NO3. The zero-order valence-electron chi connectivity index (χ0n) is 17.9. The number of hydrogen-bond acceptors (Lipinski definition) is 3. The monoisotopic (exact) mass is 439 g/mol. The summed E-state index contributed by atoms with van der Waals surface area (Å²) >= 11 is 0. The molecule has 0 fully saturated rings. The molecule has 0 saturated heterocycles. The Morgan fingerprint density at radius 2 is 1.56 bits per heavy atom. The Morgan fingerprint density at radius 3 is 2.16 bits per heavy atom. The molecule has 168 valence electrons. The molecule has 4 nitrogen and oxygen atoms in total. The van der Waals surface area contributed by atoms with Gasteiger partial charge in [0.25, 0.3) is 5.92 Å². The minimum Gasteiger partial charge on any atom is -0.486 e. The normalized spacial score (nSPS) is 12.3. The van der Waals surface area contributed by atoms with E-state index in [1.807, 2.05) is 37.3 Å². The van der Waals surface area contributed by atoms with Crippen molar-refractivity contribution in [3.05, 3.63) is 101 Å². The lowest BCUT2D eigenvalue weighted by atomic mass is 9.99. The van der Waals surface area contributed by atoms with E-state index in [0.29, 0.717) is 25.1 Å². The molecule has 6 heteroatoms. The lowest BCUT2D eigenvalue weighted by Crippen LogP contribution is -2.24. The quantitative estimate of drug-likeness (QED) is 0.376. The van der Waals surface area contributed by atoms with Crippen LogP contribution in [0.3, 0.4) is 0 Å². The number of carboxylic acids is 1. The van der Waals surface area contributed by atoms with Crippen LogP contribution in [0.25, 0.3) is 0 Å². The van der Waals surface area contributed by atoms with Crippen molar-refractivity contribution in [3.8, 4) is 5.75 Å². The number of ether oxygens (including phenoxy) is 1. The van der Waals surface area contributed by atoms with Crippen LogP contribution >= 0.6 is 0 Å². The summed E-state index contributed by atoms with van der Waals surface area (Å²) in [6.07, 6.45) is 1.08. The van der Waals surface area contributed by atoms with E-state index in [9.17, 15) is 13.6 Å². The number of rotatable bonds is 11. The van der Waals surface area contributed by atoms with Crippen molar-refractivity contribution in [2.75, 3.05) is 13.1 Å². The molecule has 0 aromatic heterocycles. The number of carboxylic acid groups (broad SMARTS) is 1. The first-order chi connectivity index (χ1) is 15.4. The van der Waals surface area contributed by atoms with Gasteiger partial charge in [0.05, 0.1) is 6.54 Å². The molecule has 0 heterocycles. The number of benzene rings is 3. The third-order valence-electron chi connectivity index (χ3n) is 5.18. The van der Waals surface area contributed by atoms with E-state index in [-0.39, 0.29) is 23.8 Å². The standard InChI is InChI=1S/C26H27F2NO3/c1-19-9-11-21(12-10-19)26(27,28)22-13-15-23(16-14-22)32-24(20-6-3-2-4-7-20)8-5-17-29-18-25(30)31/h2-4,6-7,9-16,24,29H,5,8,17-18H2,1H3,(H,30,31). The van der Waals surface area contributed by atoms with Crippen LogP contribution in [0, 0.1) is 6.92 Å². The lowest BCUT2D eigenvalue weighted by molar-refractivity contribution is -0.135. The van der Waals surface area contributed by atoms with E-state index in [4.69, 9.17) is 9.84 Å². The van der Waals surface area contributed by atoms with Crippen LogP contribution in [-0.2, 0) is 10.7 Å². The average Bonchev–Trinajstić information content (AvgIpc) is 2.79. The molecule has 3 aromatic rings. The Hall–Kier alpha value is -3.25. The Bertz CT molecular complexity index is 990. The predicted molar refractivity (Wildman–Crippen MR) is 120 cm³/mol. The van der Waals surface area contributed by atoms with Gasteiger partial charge in [-0.05, 0) is 56.1 Å². The molecule has 0 amide bonds. The number of aliphatic carboxylic acids is 1. The van der Waals surface area contributed by atoms with Gasteiger partial charge in [-0.15, -0.1) is 0 Å². The highest BCUT2D eigenvalue weighted by Crippen LogP contribution is 2.37. The summed E-state index contributed by atoms with van der Waals surface area (Å²) in [4.78, 5) is 10.6. The number of alkyl halides is 2. The van der Waals surface area contributed by atoms with Crippen molar-refractivity contribution >= 4 is 5.97 Å². The Labute approximate surface area is 186 Å². The Morgan fingerprint density at radius 1 is 0.969 bits per heavy atom. The predicted octanol–water partition coefficient (Wildman–Crippen LogP) is 5.71. The zero-order chi connectivity index (χ0) is 23.0. The van der Waals surface area contributed by atoms with Gasteiger partial charge in [-0.1, -0.05) is 60.2 Å². The fraction of sp³-hybridized carbons (Fsp3) is 0.269. The van der Waals surface area contributed by atoms with Gasteiger partial charge < -0.3 is 15.2 Å². The first kappa shape index (κ1) is 23.4. The SMILES string of the molecule is Cc1ccc(C(F)(F)c2ccc(OC(CCCNCC(=O)O)c3ccccc3)cc2)cc1. The van der Waals surface area contributed by atoms with Gasteiger partial charge in [0.1, 0.15) is 11.9 Å². The fourth-order valence-corrected chi connectivity index (χ4v) is 3.41. The van der Waals surface area contributed by atoms with Gasteiger partial charge in [-0.25, -0.2) is 0 Å². The van der Waals surface area contributed by atoms with Crippen molar-refractivity contribution in [1.82, 2.24) is 5.32 Å². The van der Waals surface area contributed by atoms with Gasteiger partial charge in [0.2, 0.25) is 0 Å². The van der Waals surface area contributed by atoms with E-state index in [1.165, 1.54) is 24.3 Å². The molecule has 3 aromatic carbocycles. The van der Waals surface area contributed by atoms with Gasteiger partial charge in [0.15, 0.2) is 0 Å². The second kappa shape index (κ2) is 10.9. The van der Waals surface area contributed by atoms with Crippen molar-refractivity contribution in [2.24, 2.45) is 0 Å². The maximum atomic E-state index is 14.9. The fourth-order valence-electron chi connectivity index (χ4n) is 3.41. The molecule has 2 N–H and O–H groups in total. The molecule has 0 radical (unpaired) electrons. The maximum absolute atomic E-state index is 14.9. The molecule has 0 spiro atoms. The van der Waals surface area contributed by atoms with Gasteiger partial charge >= 0.3 is 5.97 Å². The topological polar surface area (TPSA) is 58.6 Å². The Balaban J connectivity index is 1.69. The summed E-state index contributed by atoms with van der Waals surface area (Å²) in [7, 11) is 0. The molecular weight excluding hydrogens is 412 g/mol. The van der Waals surface area contributed by atoms with Crippen LogP contribution < -0.4 is 10.1 Å². The van der Waals surface area contributed by atoms with Gasteiger partial charge in [-0.3, -0.25) is 4.79 Å². The number of halogens is 2. The number of carbonyl (C=O) groups is 1.